The highest BCUT2D eigenvalue weighted by Crippen LogP contribution is 2.18. The fourth-order valence-corrected chi connectivity index (χ4v) is 1.04. The largest absolute Gasteiger partial charge is 0.423 e. The SMILES string of the molecule is O=c1cc2ccc(F)ccc-2o1. The van der Waals surface area contributed by atoms with Crippen molar-refractivity contribution in [3.8, 4) is 11.3 Å². The van der Waals surface area contributed by atoms with Crippen LogP contribution in [0.5, 0.6) is 0 Å². The van der Waals surface area contributed by atoms with Crippen LogP contribution in [0.15, 0.2) is 39.5 Å². The van der Waals surface area contributed by atoms with Crippen molar-refractivity contribution in [2.45, 2.75) is 0 Å². The van der Waals surface area contributed by atoms with E-state index in [0.717, 1.165) is 0 Å². The summed E-state index contributed by atoms with van der Waals surface area (Å²) in [5, 5.41) is 0. The van der Waals surface area contributed by atoms with Gasteiger partial charge in [0.05, 0.1) is 0 Å². The minimum atomic E-state index is -0.406. The number of hydrogen-bond donors (Lipinski definition) is 0. The average Bonchev–Trinajstić information content (AvgIpc) is 2.31. The molecule has 3 heteroatoms. The molecule has 0 aromatic rings. The van der Waals surface area contributed by atoms with E-state index in [2.05, 4.69) is 0 Å². The van der Waals surface area contributed by atoms with Gasteiger partial charge in [-0.2, -0.15) is 0 Å². The first kappa shape index (κ1) is 7.03. The standard InChI is InChI=1S/C9H5FO2/c10-7-2-1-6-5-9(11)12-8(6)4-3-7/h1-5H. The molecule has 0 unspecified atom stereocenters. The highest BCUT2D eigenvalue weighted by Gasteiger charge is 2.04. The molecular formula is C9H5FO2. The maximum atomic E-state index is 12.6. The third kappa shape index (κ3) is 1.09. The quantitative estimate of drug-likeness (QED) is 0.595. The lowest BCUT2D eigenvalue weighted by molar-refractivity contribution is 0.544. The Balaban J connectivity index is 2.78. The molecule has 0 fully saturated rings. The molecular weight excluding hydrogens is 159 g/mol. The number of fused-ring (bicyclic) bond motifs is 1. The van der Waals surface area contributed by atoms with Gasteiger partial charge < -0.3 is 4.42 Å². The van der Waals surface area contributed by atoms with E-state index in [0.29, 0.717) is 11.3 Å². The van der Waals surface area contributed by atoms with Gasteiger partial charge in [-0.1, -0.05) is 0 Å². The van der Waals surface area contributed by atoms with Crippen molar-refractivity contribution in [2.75, 3.05) is 0 Å². The summed E-state index contributed by atoms with van der Waals surface area (Å²) in [6, 6.07) is 6.82. The number of hydrogen-bond acceptors (Lipinski definition) is 2. The lowest BCUT2D eigenvalue weighted by Crippen LogP contribution is -1.83. The van der Waals surface area contributed by atoms with Crippen LogP contribution in [-0.4, -0.2) is 0 Å². The second kappa shape index (κ2) is 2.44. The summed E-state index contributed by atoms with van der Waals surface area (Å²) in [5.41, 5.74) is 0.209. The second-order valence-corrected chi connectivity index (χ2v) is 2.44. The fraction of sp³-hybridized carbons (Fsp3) is 0. The zero-order valence-corrected chi connectivity index (χ0v) is 6.08. The van der Waals surface area contributed by atoms with Crippen LogP contribution in [0.4, 0.5) is 4.39 Å². The summed E-state index contributed by atoms with van der Waals surface area (Å²) in [7, 11) is 0. The molecule has 0 N–H and O–H groups in total. The molecule has 0 bridgehead atoms. The first-order valence-electron chi connectivity index (χ1n) is 3.45. The van der Waals surface area contributed by atoms with E-state index in [9.17, 15) is 9.18 Å². The van der Waals surface area contributed by atoms with Gasteiger partial charge in [0.1, 0.15) is 11.6 Å². The van der Waals surface area contributed by atoms with Gasteiger partial charge in [0, 0.05) is 11.6 Å². The van der Waals surface area contributed by atoms with Gasteiger partial charge in [0.15, 0.2) is 0 Å². The zero-order valence-electron chi connectivity index (χ0n) is 6.08. The van der Waals surface area contributed by atoms with Crippen LogP contribution < -0.4 is 5.63 Å². The van der Waals surface area contributed by atoms with Gasteiger partial charge >= 0.3 is 5.63 Å². The van der Waals surface area contributed by atoms with Crippen LogP contribution in [-0.2, 0) is 0 Å². The highest BCUT2D eigenvalue weighted by atomic mass is 19.1. The molecule has 0 amide bonds. The number of furan rings is 1. The summed E-state index contributed by atoms with van der Waals surface area (Å²) < 4.78 is 17.4. The van der Waals surface area contributed by atoms with E-state index in [1.54, 1.807) is 0 Å². The molecule has 2 rings (SSSR count). The molecule has 2 nitrogen and oxygen atoms in total. The van der Waals surface area contributed by atoms with Crippen molar-refractivity contribution in [2.24, 2.45) is 0 Å². The van der Waals surface area contributed by atoms with Gasteiger partial charge in [-0.05, 0) is 24.3 Å². The van der Waals surface area contributed by atoms with Crippen LogP contribution in [0.3, 0.4) is 0 Å². The van der Waals surface area contributed by atoms with Gasteiger partial charge in [0.25, 0.3) is 0 Å². The maximum absolute atomic E-state index is 12.6. The van der Waals surface area contributed by atoms with Gasteiger partial charge in [-0.3, -0.25) is 0 Å². The summed E-state index contributed by atoms with van der Waals surface area (Å²) in [6.45, 7) is 0. The van der Waals surface area contributed by atoms with E-state index in [1.165, 1.54) is 30.3 Å². The molecule has 2 aliphatic rings. The average molecular weight is 164 g/mol. The zero-order chi connectivity index (χ0) is 8.55. The Morgan fingerprint density at radius 2 is 1.92 bits per heavy atom. The molecule has 0 saturated carbocycles. The lowest BCUT2D eigenvalue weighted by Gasteiger charge is -1.82. The summed E-state index contributed by atoms with van der Waals surface area (Å²) in [5.74, 6) is 0.0535. The molecule has 1 heterocycles. The second-order valence-electron chi connectivity index (χ2n) is 2.44. The fourth-order valence-electron chi connectivity index (χ4n) is 1.04. The Labute approximate surface area is 67.6 Å². The minimum Gasteiger partial charge on any atom is -0.423 e. The Bertz CT molecular complexity index is 396. The van der Waals surface area contributed by atoms with Crippen LogP contribution >= 0.6 is 0 Å². The van der Waals surface area contributed by atoms with Gasteiger partial charge in [-0.15, -0.1) is 0 Å². The van der Waals surface area contributed by atoms with Crippen molar-refractivity contribution >= 4 is 0 Å². The number of rotatable bonds is 0. The van der Waals surface area contributed by atoms with Crippen molar-refractivity contribution in [3.63, 3.8) is 0 Å². The minimum absolute atomic E-state index is 0.353. The van der Waals surface area contributed by atoms with E-state index < -0.39 is 5.63 Å². The molecule has 0 aromatic heterocycles. The Morgan fingerprint density at radius 3 is 2.75 bits per heavy atom. The van der Waals surface area contributed by atoms with Crippen LogP contribution in [0, 0.1) is 5.82 Å². The lowest BCUT2D eigenvalue weighted by atomic mass is 10.2. The first-order chi connectivity index (χ1) is 5.75. The first-order valence-corrected chi connectivity index (χ1v) is 3.45. The summed E-state index contributed by atoms with van der Waals surface area (Å²) in [6.07, 6.45) is 0. The Hall–Kier alpha value is -1.64. The summed E-state index contributed by atoms with van der Waals surface area (Å²) >= 11 is 0. The van der Waals surface area contributed by atoms with E-state index in [-0.39, 0.29) is 5.82 Å². The van der Waals surface area contributed by atoms with Crippen LogP contribution in [0.1, 0.15) is 0 Å². The van der Waals surface area contributed by atoms with Crippen molar-refractivity contribution in [1.82, 2.24) is 0 Å². The predicted molar refractivity (Wildman–Crippen MR) is 41.6 cm³/mol. The molecule has 0 radical (unpaired) electrons. The van der Waals surface area contributed by atoms with Crippen molar-refractivity contribution in [3.05, 3.63) is 46.6 Å². The molecule has 12 heavy (non-hydrogen) atoms. The molecule has 1 aliphatic carbocycles. The maximum Gasteiger partial charge on any atom is 0.336 e. The van der Waals surface area contributed by atoms with Gasteiger partial charge in [0.2, 0.25) is 0 Å². The molecule has 0 spiro atoms. The van der Waals surface area contributed by atoms with Crippen LogP contribution in [0.25, 0.3) is 11.3 Å². The molecule has 1 aliphatic heterocycles. The molecule has 0 saturated heterocycles. The molecule has 0 aromatic carbocycles. The van der Waals surface area contributed by atoms with Crippen molar-refractivity contribution in [1.29, 1.82) is 0 Å². The number of halogens is 1. The summed E-state index contributed by atoms with van der Waals surface area (Å²) in [4.78, 5) is 10.7. The van der Waals surface area contributed by atoms with Crippen LogP contribution in [0.2, 0.25) is 0 Å². The Morgan fingerprint density at radius 1 is 1.17 bits per heavy atom. The molecule has 0 atom stereocenters. The smallest absolute Gasteiger partial charge is 0.336 e. The Kier molecular flexibility index (Phi) is 1.43. The highest BCUT2D eigenvalue weighted by molar-refractivity contribution is 5.57. The third-order valence-corrected chi connectivity index (χ3v) is 1.58. The van der Waals surface area contributed by atoms with Gasteiger partial charge in [-0.25, -0.2) is 9.18 Å². The predicted octanol–water partition coefficient (Wildman–Crippen LogP) is 1.88. The van der Waals surface area contributed by atoms with Crippen molar-refractivity contribution < 1.29 is 8.81 Å². The van der Waals surface area contributed by atoms with E-state index >= 15 is 0 Å². The monoisotopic (exact) mass is 164 g/mol. The topological polar surface area (TPSA) is 30.2 Å². The molecule has 60 valence electrons. The third-order valence-electron chi connectivity index (χ3n) is 1.58. The van der Waals surface area contributed by atoms with E-state index in [4.69, 9.17) is 4.42 Å². The normalized spacial score (nSPS) is 10.4. The van der Waals surface area contributed by atoms with E-state index in [1.807, 2.05) is 0 Å².